The molecule has 23 heavy (non-hydrogen) atoms. The number of methoxy groups -OCH3 is 1. The summed E-state index contributed by atoms with van der Waals surface area (Å²) in [5.41, 5.74) is 0.822. The predicted molar refractivity (Wildman–Crippen MR) is 91.0 cm³/mol. The largest absolute Gasteiger partial charge is 0.494 e. The van der Waals surface area contributed by atoms with Crippen LogP contribution in [-0.4, -0.2) is 56.4 Å². The smallest absolute Gasteiger partial charge is 0.399 e. The molecule has 1 saturated heterocycles. The van der Waals surface area contributed by atoms with E-state index in [1.165, 1.54) is 0 Å². The highest BCUT2D eigenvalue weighted by Gasteiger charge is 2.51. The van der Waals surface area contributed by atoms with Crippen molar-refractivity contribution in [1.82, 2.24) is 4.90 Å². The second kappa shape index (κ2) is 6.63. The number of ether oxygens (including phenoxy) is 1. The van der Waals surface area contributed by atoms with Crippen molar-refractivity contribution in [1.29, 1.82) is 0 Å². The maximum absolute atomic E-state index is 12.3. The Morgan fingerprint density at radius 3 is 2.13 bits per heavy atom. The highest BCUT2D eigenvalue weighted by molar-refractivity contribution is 6.62. The molecule has 1 aromatic carbocycles. The topological polar surface area (TPSA) is 48.0 Å². The molecular formula is C17H26BNO4. The summed E-state index contributed by atoms with van der Waals surface area (Å²) in [7, 11) is 2.98. The third-order valence-corrected chi connectivity index (χ3v) is 4.66. The Morgan fingerprint density at radius 1 is 1.13 bits per heavy atom. The molecule has 0 unspecified atom stereocenters. The fraction of sp³-hybridized carbons (Fsp3) is 0.588. The molecular weight excluding hydrogens is 293 g/mol. The molecule has 1 heterocycles. The number of hydrogen-bond acceptors (Lipinski definition) is 4. The van der Waals surface area contributed by atoms with Crippen LogP contribution in [0.1, 0.15) is 38.1 Å². The van der Waals surface area contributed by atoms with Gasteiger partial charge >= 0.3 is 7.12 Å². The minimum absolute atomic E-state index is 0.0254. The summed E-state index contributed by atoms with van der Waals surface area (Å²) in [6, 6.07) is 7.40. The average Bonchev–Trinajstić information content (AvgIpc) is 2.72. The summed E-state index contributed by atoms with van der Waals surface area (Å²) >= 11 is 0. The van der Waals surface area contributed by atoms with Crippen LogP contribution in [0.3, 0.4) is 0 Å². The van der Waals surface area contributed by atoms with Crippen molar-refractivity contribution in [3.63, 3.8) is 0 Å². The lowest BCUT2D eigenvalue weighted by atomic mass is 9.79. The quantitative estimate of drug-likeness (QED) is 0.775. The van der Waals surface area contributed by atoms with E-state index in [9.17, 15) is 4.79 Å². The van der Waals surface area contributed by atoms with Gasteiger partial charge in [0.2, 0.25) is 0 Å². The van der Waals surface area contributed by atoms with Gasteiger partial charge in [0.15, 0.2) is 0 Å². The van der Waals surface area contributed by atoms with E-state index >= 15 is 0 Å². The highest BCUT2D eigenvalue weighted by atomic mass is 16.7. The molecule has 1 fully saturated rings. The van der Waals surface area contributed by atoms with Gasteiger partial charge in [-0.25, -0.2) is 0 Å². The van der Waals surface area contributed by atoms with E-state index in [0.717, 1.165) is 5.46 Å². The number of rotatable bonds is 5. The summed E-state index contributed by atoms with van der Waals surface area (Å²) in [5, 5.41) is 0. The van der Waals surface area contributed by atoms with Crippen LogP contribution >= 0.6 is 0 Å². The molecule has 126 valence electrons. The van der Waals surface area contributed by atoms with E-state index in [4.69, 9.17) is 14.0 Å². The zero-order chi connectivity index (χ0) is 17.3. The second-order valence-electron chi connectivity index (χ2n) is 6.93. The van der Waals surface area contributed by atoms with Crippen LogP contribution < -0.4 is 5.46 Å². The van der Waals surface area contributed by atoms with Crippen molar-refractivity contribution in [3.05, 3.63) is 29.8 Å². The van der Waals surface area contributed by atoms with Gasteiger partial charge in [0.05, 0.1) is 17.8 Å². The average molecular weight is 319 g/mol. The Balaban J connectivity index is 2.07. The summed E-state index contributed by atoms with van der Waals surface area (Å²) in [6.45, 7) is 9.18. The van der Waals surface area contributed by atoms with E-state index in [1.807, 2.05) is 52.0 Å². The fourth-order valence-electron chi connectivity index (χ4n) is 2.31. The third-order valence-electron chi connectivity index (χ3n) is 4.66. The van der Waals surface area contributed by atoms with E-state index < -0.39 is 7.12 Å². The number of amides is 1. The molecule has 0 saturated carbocycles. The Bertz CT molecular complexity index is 540. The molecule has 0 aliphatic carbocycles. The summed E-state index contributed by atoms with van der Waals surface area (Å²) in [6.07, 6.45) is 0. The highest BCUT2D eigenvalue weighted by Crippen LogP contribution is 2.36. The maximum Gasteiger partial charge on any atom is 0.494 e. The SMILES string of the molecule is COCCN(C)C(=O)c1ccc(B2OC(C)(C)C(C)(C)O2)cc1. The number of hydrogen-bond donors (Lipinski definition) is 0. The van der Waals surface area contributed by atoms with Crippen molar-refractivity contribution >= 4 is 18.5 Å². The van der Waals surface area contributed by atoms with Crippen LogP contribution in [-0.2, 0) is 14.0 Å². The van der Waals surface area contributed by atoms with E-state index in [-0.39, 0.29) is 17.1 Å². The fourth-order valence-corrected chi connectivity index (χ4v) is 2.31. The molecule has 0 N–H and O–H groups in total. The molecule has 1 aliphatic rings. The summed E-state index contributed by atoms with van der Waals surface area (Å²) in [4.78, 5) is 13.9. The Kier molecular flexibility index (Phi) is 5.18. The van der Waals surface area contributed by atoms with Crippen molar-refractivity contribution in [3.8, 4) is 0 Å². The molecule has 6 heteroatoms. The van der Waals surface area contributed by atoms with Gasteiger partial charge in [0.25, 0.3) is 5.91 Å². The first kappa shape index (κ1) is 18.0. The Labute approximate surface area is 139 Å². The number of likely N-dealkylation sites (N-methyl/N-ethyl adjacent to an activating group) is 1. The number of benzene rings is 1. The molecule has 1 aliphatic heterocycles. The lowest BCUT2D eigenvalue weighted by Crippen LogP contribution is -2.41. The van der Waals surface area contributed by atoms with Gasteiger partial charge in [0, 0.05) is 26.3 Å². The standard InChI is InChI=1S/C17H26BNO4/c1-16(2)17(3,4)23-18(22-16)14-9-7-13(8-10-14)15(20)19(5)11-12-21-6/h7-10H,11-12H2,1-6H3. The van der Waals surface area contributed by atoms with Gasteiger partial charge in [-0.3, -0.25) is 4.79 Å². The Hall–Kier alpha value is -1.37. The van der Waals surface area contributed by atoms with Crippen LogP contribution in [0, 0.1) is 0 Å². The van der Waals surface area contributed by atoms with Gasteiger partial charge in [-0.2, -0.15) is 0 Å². The molecule has 5 nitrogen and oxygen atoms in total. The van der Waals surface area contributed by atoms with E-state index in [1.54, 1.807) is 19.1 Å². The van der Waals surface area contributed by atoms with Gasteiger partial charge in [-0.05, 0) is 45.3 Å². The van der Waals surface area contributed by atoms with Crippen LogP contribution in [0.4, 0.5) is 0 Å². The molecule has 1 aromatic rings. The molecule has 0 radical (unpaired) electrons. The van der Waals surface area contributed by atoms with Gasteiger partial charge in [0.1, 0.15) is 0 Å². The third kappa shape index (κ3) is 3.76. The van der Waals surface area contributed by atoms with Crippen LogP contribution in [0.2, 0.25) is 0 Å². The monoisotopic (exact) mass is 319 g/mol. The normalized spacial score (nSPS) is 19.0. The van der Waals surface area contributed by atoms with Gasteiger partial charge < -0.3 is 18.9 Å². The molecule has 0 spiro atoms. The van der Waals surface area contributed by atoms with Crippen molar-refractivity contribution in [2.24, 2.45) is 0 Å². The molecule has 1 amide bonds. The van der Waals surface area contributed by atoms with Gasteiger partial charge in [-0.1, -0.05) is 12.1 Å². The predicted octanol–water partition coefficient (Wildman–Crippen LogP) is 1.70. The first-order chi connectivity index (χ1) is 10.7. The molecule has 0 aromatic heterocycles. The van der Waals surface area contributed by atoms with Crippen molar-refractivity contribution in [2.75, 3.05) is 27.3 Å². The second-order valence-corrected chi connectivity index (χ2v) is 6.93. The van der Waals surface area contributed by atoms with Crippen LogP contribution in [0.25, 0.3) is 0 Å². The minimum Gasteiger partial charge on any atom is -0.399 e. The number of carbonyl (C=O) groups excluding carboxylic acids is 1. The van der Waals surface area contributed by atoms with Gasteiger partial charge in [-0.15, -0.1) is 0 Å². The molecule has 0 bridgehead atoms. The minimum atomic E-state index is -0.407. The van der Waals surface area contributed by atoms with E-state index in [2.05, 4.69) is 0 Å². The number of nitrogens with zero attached hydrogens (tertiary/aromatic N) is 1. The van der Waals surface area contributed by atoms with Crippen LogP contribution in [0.15, 0.2) is 24.3 Å². The maximum atomic E-state index is 12.3. The first-order valence-corrected chi connectivity index (χ1v) is 7.88. The summed E-state index contributed by atoms with van der Waals surface area (Å²) in [5.74, 6) is -0.0254. The van der Waals surface area contributed by atoms with Crippen molar-refractivity contribution < 1.29 is 18.8 Å². The first-order valence-electron chi connectivity index (χ1n) is 7.88. The summed E-state index contributed by atoms with van der Waals surface area (Å²) < 4.78 is 17.0. The zero-order valence-corrected chi connectivity index (χ0v) is 14.9. The molecule has 0 atom stereocenters. The van der Waals surface area contributed by atoms with E-state index in [0.29, 0.717) is 18.7 Å². The Morgan fingerprint density at radius 2 is 1.65 bits per heavy atom. The number of carbonyl (C=O) groups is 1. The zero-order valence-electron chi connectivity index (χ0n) is 14.9. The van der Waals surface area contributed by atoms with Crippen molar-refractivity contribution in [2.45, 2.75) is 38.9 Å². The molecule has 2 rings (SSSR count). The van der Waals surface area contributed by atoms with Crippen LogP contribution in [0.5, 0.6) is 0 Å². The lowest BCUT2D eigenvalue weighted by molar-refractivity contribution is 0.00578. The lowest BCUT2D eigenvalue weighted by Gasteiger charge is -2.32.